The molecule has 0 saturated heterocycles. The lowest BCUT2D eigenvalue weighted by molar-refractivity contribution is -0.121. The van der Waals surface area contributed by atoms with E-state index in [1.54, 1.807) is 37.0 Å². The van der Waals surface area contributed by atoms with Crippen LogP contribution in [0.1, 0.15) is 35.1 Å². The minimum absolute atomic E-state index is 0.125. The zero-order valence-corrected chi connectivity index (χ0v) is 23.0. The van der Waals surface area contributed by atoms with Gasteiger partial charge in [0.2, 0.25) is 5.91 Å². The summed E-state index contributed by atoms with van der Waals surface area (Å²) in [5.41, 5.74) is 4.14. The van der Waals surface area contributed by atoms with Crippen molar-refractivity contribution in [1.82, 2.24) is 14.5 Å². The Bertz CT molecular complexity index is 1600. The lowest BCUT2D eigenvalue weighted by atomic mass is 10.1. The molecule has 0 radical (unpaired) electrons. The van der Waals surface area contributed by atoms with Crippen LogP contribution in [0.15, 0.2) is 70.3 Å². The number of carbonyl (C=O) groups is 1. The number of methoxy groups -OCH3 is 2. The van der Waals surface area contributed by atoms with E-state index < -0.39 is 0 Å². The zero-order valence-electron chi connectivity index (χ0n) is 23.0. The van der Waals surface area contributed by atoms with Crippen LogP contribution in [0.5, 0.6) is 11.5 Å². The van der Waals surface area contributed by atoms with E-state index in [-0.39, 0.29) is 30.1 Å². The van der Waals surface area contributed by atoms with E-state index in [0.29, 0.717) is 48.3 Å². The van der Waals surface area contributed by atoms with E-state index in [4.69, 9.17) is 9.47 Å². The maximum Gasteiger partial charge on any atom is 0.331 e. The summed E-state index contributed by atoms with van der Waals surface area (Å²) < 4.78 is 13.5. The molecule has 0 aliphatic heterocycles. The minimum Gasteiger partial charge on any atom is -0.493 e. The molecule has 0 bridgehead atoms. The number of hydrogen-bond acceptors (Lipinski definition) is 5. The van der Waals surface area contributed by atoms with E-state index in [0.717, 1.165) is 22.3 Å². The second kappa shape index (κ2) is 12.5. The highest BCUT2D eigenvalue weighted by Gasteiger charge is 2.14. The number of amides is 1. The molecule has 4 aromatic rings. The van der Waals surface area contributed by atoms with Crippen molar-refractivity contribution in [3.8, 4) is 11.5 Å². The van der Waals surface area contributed by atoms with Gasteiger partial charge in [0, 0.05) is 19.5 Å². The zero-order chi connectivity index (χ0) is 27.9. The number of aryl methyl sites for hydroxylation is 2. The molecule has 39 heavy (non-hydrogen) atoms. The van der Waals surface area contributed by atoms with Gasteiger partial charge in [-0.2, -0.15) is 0 Å². The molecular formula is C31H35N3O5. The molecule has 204 valence electrons. The van der Waals surface area contributed by atoms with Crippen LogP contribution in [-0.4, -0.2) is 35.8 Å². The number of rotatable bonds is 11. The largest absolute Gasteiger partial charge is 0.493 e. The second-order valence-corrected chi connectivity index (χ2v) is 9.67. The van der Waals surface area contributed by atoms with Crippen molar-refractivity contribution in [3.63, 3.8) is 0 Å². The summed E-state index contributed by atoms with van der Waals surface area (Å²) >= 11 is 0. The van der Waals surface area contributed by atoms with E-state index in [1.807, 2.05) is 50.2 Å². The van der Waals surface area contributed by atoms with Crippen LogP contribution in [0, 0.1) is 13.8 Å². The van der Waals surface area contributed by atoms with Gasteiger partial charge in [-0.3, -0.25) is 18.7 Å². The Kier molecular flexibility index (Phi) is 8.86. The van der Waals surface area contributed by atoms with Gasteiger partial charge < -0.3 is 14.8 Å². The molecule has 0 saturated carbocycles. The van der Waals surface area contributed by atoms with E-state index in [2.05, 4.69) is 11.4 Å². The first-order valence-corrected chi connectivity index (χ1v) is 13.1. The molecule has 8 heteroatoms. The fraction of sp³-hybridized carbons (Fsp3) is 0.323. The van der Waals surface area contributed by atoms with Crippen molar-refractivity contribution < 1.29 is 14.3 Å². The lowest BCUT2D eigenvalue weighted by Gasteiger charge is -2.16. The van der Waals surface area contributed by atoms with Crippen molar-refractivity contribution in [2.24, 2.45) is 0 Å². The number of benzene rings is 3. The van der Waals surface area contributed by atoms with Crippen LogP contribution in [0.2, 0.25) is 0 Å². The molecule has 0 fully saturated rings. The number of carbonyl (C=O) groups excluding carboxylic acids is 1. The smallest absolute Gasteiger partial charge is 0.331 e. The van der Waals surface area contributed by atoms with Gasteiger partial charge >= 0.3 is 5.69 Å². The Labute approximate surface area is 227 Å². The molecule has 4 rings (SSSR count). The maximum atomic E-state index is 13.5. The number of fused-ring (bicyclic) bond motifs is 1. The van der Waals surface area contributed by atoms with Crippen LogP contribution in [0.3, 0.4) is 0 Å². The van der Waals surface area contributed by atoms with Gasteiger partial charge in [0.1, 0.15) is 0 Å². The van der Waals surface area contributed by atoms with Crippen LogP contribution in [-0.2, 0) is 24.3 Å². The minimum atomic E-state index is -0.367. The van der Waals surface area contributed by atoms with Crippen molar-refractivity contribution in [2.75, 3.05) is 20.8 Å². The normalized spacial score (nSPS) is 11.0. The van der Waals surface area contributed by atoms with Crippen LogP contribution >= 0.6 is 0 Å². The summed E-state index contributed by atoms with van der Waals surface area (Å²) in [5.74, 6) is 1.17. The number of nitrogens with zero attached hydrogens (tertiary/aromatic N) is 2. The van der Waals surface area contributed by atoms with Gasteiger partial charge in [-0.1, -0.05) is 42.0 Å². The molecule has 0 aliphatic carbocycles. The first kappa shape index (κ1) is 27.7. The molecule has 0 unspecified atom stereocenters. The molecule has 3 aromatic carbocycles. The Morgan fingerprint density at radius 3 is 2.44 bits per heavy atom. The number of hydrogen-bond donors (Lipinski definition) is 1. The summed E-state index contributed by atoms with van der Waals surface area (Å²) in [6.45, 7) is 5.03. The first-order chi connectivity index (χ1) is 18.8. The Balaban J connectivity index is 1.43. The van der Waals surface area contributed by atoms with Gasteiger partial charge in [-0.05, 0) is 67.6 Å². The van der Waals surface area contributed by atoms with Crippen LogP contribution in [0.25, 0.3) is 10.9 Å². The summed E-state index contributed by atoms with van der Waals surface area (Å²) in [5, 5.41) is 3.40. The molecule has 0 spiro atoms. The third-order valence-corrected chi connectivity index (χ3v) is 6.93. The first-order valence-electron chi connectivity index (χ1n) is 13.1. The molecule has 0 atom stereocenters. The Hall–Kier alpha value is -4.33. The highest BCUT2D eigenvalue weighted by molar-refractivity contribution is 5.78. The third-order valence-electron chi connectivity index (χ3n) is 6.93. The number of nitrogens with one attached hydrogen (secondary N) is 1. The molecular weight excluding hydrogens is 494 g/mol. The van der Waals surface area contributed by atoms with Gasteiger partial charge in [-0.25, -0.2) is 4.79 Å². The Morgan fingerprint density at radius 2 is 1.67 bits per heavy atom. The molecule has 1 N–H and O–H groups in total. The summed E-state index contributed by atoms with van der Waals surface area (Å²) in [6.07, 6.45) is 1.22. The fourth-order valence-electron chi connectivity index (χ4n) is 4.73. The van der Waals surface area contributed by atoms with Crippen LogP contribution < -0.4 is 26.0 Å². The summed E-state index contributed by atoms with van der Waals surface area (Å²) in [7, 11) is 3.17. The summed E-state index contributed by atoms with van der Waals surface area (Å²) in [4.78, 5) is 39.2. The van der Waals surface area contributed by atoms with Crippen molar-refractivity contribution >= 4 is 16.8 Å². The quantitative estimate of drug-likeness (QED) is 0.317. The van der Waals surface area contributed by atoms with Crippen molar-refractivity contribution in [1.29, 1.82) is 0 Å². The average molecular weight is 530 g/mol. The third kappa shape index (κ3) is 6.39. The molecule has 1 aromatic heterocycles. The average Bonchev–Trinajstić information content (AvgIpc) is 2.94. The second-order valence-electron chi connectivity index (χ2n) is 9.67. The van der Waals surface area contributed by atoms with E-state index >= 15 is 0 Å². The maximum absolute atomic E-state index is 13.5. The number of para-hydroxylation sites is 1. The van der Waals surface area contributed by atoms with Gasteiger partial charge in [-0.15, -0.1) is 0 Å². The number of ether oxygens (including phenoxy) is 2. The van der Waals surface area contributed by atoms with E-state index in [1.165, 1.54) is 4.57 Å². The van der Waals surface area contributed by atoms with Gasteiger partial charge in [0.05, 0.1) is 31.7 Å². The molecule has 1 amide bonds. The van der Waals surface area contributed by atoms with Crippen molar-refractivity contribution in [3.05, 3.63) is 104 Å². The highest BCUT2D eigenvalue weighted by atomic mass is 16.5. The number of aromatic nitrogens is 2. The van der Waals surface area contributed by atoms with Crippen molar-refractivity contribution in [2.45, 2.75) is 46.2 Å². The SMILES string of the molecule is COc1ccc(CCNC(=O)CCCn2c(=O)c3ccccc3n(Cc3cc(C)ccc3C)c2=O)cc1OC. The standard InChI is InChI=1S/C31H35N3O5/c1-21-11-12-22(2)24(18-21)20-34-26-9-6-5-8-25(26)30(36)33(31(34)37)17-7-10-29(35)32-16-15-23-13-14-27(38-3)28(19-23)39-4/h5-6,8-9,11-14,18-19H,7,10,15-17,20H2,1-4H3,(H,32,35). The lowest BCUT2D eigenvalue weighted by Crippen LogP contribution is -2.40. The molecule has 0 aliphatic rings. The van der Waals surface area contributed by atoms with Crippen LogP contribution in [0.4, 0.5) is 0 Å². The van der Waals surface area contributed by atoms with Gasteiger partial charge in [0.15, 0.2) is 11.5 Å². The predicted molar refractivity (Wildman–Crippen MR) is 153 cm³/mol. The predicted octanol–water partition coefficient (Wildman–Crippen LogP) is 3.98. The Morgan fingerprint density at radius 1 is 0.897 bits per heavy atom. The van der Waals surface area contributed by atoms with E-state index in [9.17, 15) is 14.4 Å². The van der Waals surface area contributed by atoms with Gasteiger partial charge in [0.25, 0.3) is 5.56 Å². The molecule has 1 heterocycles. The monoisotopic (exact) mass is 529 g/mol. The molecule has 8 nitrogen and oxygen atoms in total. The fourth-order valence-corrected chi connectivity index (χ4v) is 4.73. The summed E-state index contributed by atoms with van der Waals surface area (Å²) in [6, 6.07) is 19.0. The highest BCUT2D eigenvalue weighted by Crippen LogP contribution is 2.27. The topological polar surface area (TPSA) is 91.6 Å².